The van der Waals surface area contributed by atoms with Crippen LogP contribution in [0.15, 0.2) is 29.2 Å². The van der Waals surface area contributed by atoms with Crippen LogP contribution < -0.4 is 4.72 Å². The van der Waals surface area contributed by atoms with Crippen molar-refractivity contribution in [2.45, 2.75) is 36.1 Å². The molecule has 1 aromatic rings. The summed E-state index contributed by atoms with van der Waals surface area (Å²) < 4.78 is 27.3. The van der Waals surface area contributed by atoms with E-state index in [-0.39, 0.29) is 16.9 Å². The lowest BCUT2D eigenvalue weighted by Gasteiger charge is -2.47. The van der Waals surface area contributed by atoms with Gasteiger partial charge in [-0.15, -0.1) is 0 Å². The van der Waals surface area contributed by atoms with E-state index >= 15 is 0 Å². The molecule has 0 spiro atoms. The van der Waals surface area contributed by atoms with Gasteiger partial charge in [0.2, 0.25) is 10.0 Å². The van der Waals surface area contributed by atoms with Crippen molar-refractivity contribution >= 4 is 10.0 Å². The van der Waals surface area contributed by atoms with E-state index in [1.54, 1.807) is 24.3 Å². The van der Waals surface area contributed by atoms with Crippen LogP contribution in [0.4, 0.5) is 0 Å². The molecule has 0 radical (unpaired) electrons. The van der Waals surface area contributed by atoms with Crippen LogP contribution in [0.1, 0.15) is 24.8 Å². The molecule has 1 aliphatic carbocycles. The molecule has 1 fully saturated rings. The first-order valence-electron chi connectivity index (χ1n) is 7.03. The Morgan fingerprint density at radius 3 is 2.33 bits per heavy atom. The number of hydrogen-bond donors (Lipinski definition) is 1. The van der Waals surface area contributed by atoms with Gasteiger partial charge in [-0.3, -0.25) is 0 Å². The summed E-state index contributed by atoms with van der Waals surface area (Å²) in [6.45, 7) is 0.433. The third-order valence-corrected chi connectivity index (χ3v) is 5.76. The molecule has 0 aromatic heterocycles. The van der Waals surface area contributed by atoms with E-state index in [9.17, 15) is 8.42 Å². The highest BCUT2D eigenvalue weighted by Crippen LogP contribution is 2.35. The minimum atomic E-state index is -3.49. The minimum Gasteiger partial charge on any atom is -0.302 e. The Kier molecular flexibility index (Phi) is 4.67. The number of hydrogen-bond acceptors (Lipinski definition) is 4. The smallest absolute Gasteiger partial charge is 0.240 e. The summed E-state index contributed by atoms with van der Waals surface area (Å²) in [5.41, 5.74) is 0.772. The van der Waals surface area contributed by atoms with Crippen molar-refractivity contribution in [1.29, 1.82) is 5.26 Å². The summed E-state index contributed by atoms with van der Waals surface area (Å²) >= 11 is 0. The monoisotopic (exact) mass is 307 g/mol. The van der Waals surface area contributed by atoms with E-state index in [4.69, 9.17) is 5.26 Å². The van der Waals surface area contributed by atoms with Gasteiger partial charge in [-0.1, -0.05) is 12.1 Å². The Bertz CT molecular complexity index is 626. The third kappa shape index (κ3) is 3.43. The van der Waals surface area contributed by atoms with Crippen LogP contribution in [-0.4, -0.2) is 39.5 Å². The molecule has 114 valence electrons. The van der Waals surface area contributed by atoms with Crippen molar-refractivity contribution in [3.05, 3.63) is 29.8 Å². The van der Waals surface area contributed by atoms with Crippen LogP contribution in [0, 0.1) is 11.3 Å². The van der Waals surface area contributed by atoms with E-state index in [1.807, 2.05) is 20.2 Å². The van der Waals surface area contributed by atoms with Crippen LogP contribution >= 0.6 is 0 Å². The van der Waals surface area contributed by atoms with Gasteiger partial charge in [-0.2, -0.15) is 5.26 Å². The maximum atomic E-state index is 12.3. The average Bonchev–Trinajstić information content (AvgIpc) is 2.38. The molecule has 5 nitrogen and oxygen atoms in total. The van der Waals surface area contributed by atoms with Crippen LogP contribution in [-0.2, 0) is 16.4 Å². The molecule has 1 aromatic carbocycles. The predicted molar refractivity (Wildman–Crippen MR) is 81.2 cm³/mol. The van der Waals surface area contributed by atoms with Crippen LogP contribution in [0.3, 0.4) is 0 Å². The fourth-order valence-corrected chi connectivity index (χ4v) is 3.68. The maximum absolute atomic E-state index is 12.3. The highest BCUT2D eigenvalue weighted by atomic mass is 32.2. The number of nitrogens with zero attached hydrogens (tertiary/aromatic N) is 2. The molecule has 0 unspecified atom stereocenters. The molecule has 0 saturated heterocycles. The van der Waals surface area contributed by atoms with Gasteiger partial charge >= 0.3 is 0 Å². The van der Waals surface area contributed by atoms with Gasteiger partial charge < -0.3 is 4.90 Å². The highest BCUT2D eigenvalue weighted by molar-refractivity contribution is 7.89. The van der Waals surface area contributed by atoms with E-state index < -0.39 is 10.0 Å². The molecule has 6 heteroatoms. The van der Waals surface area contributed by atoms with Crippen molar-refractivity contribution in [2.24, 2.45) is 0 Å². The molecule has 2 rings (SSSR count). The van der Waals surface area contributed by atoms with Crippen molar-refractivity contribution in [2.75, 3.05) is 20.6 Å². The topological polar surface area (TPSA) is 73.2 Å². The fourth-order valence-electron chi connectivity index (χ4n) is 2.56. The quantitative estimate of drug-likeness (QED) is 0.864. The number of benzene rings is 1. The van der Waals surface area contributed by atoms with Crippen molar-refractivity contribution in [3.63, 3.8) is 0 Å². The van der Waals surface area contributed by atoms with Gasteiger partial charge in [0.25, 0.3) is 0 Å². The summed E-state index contributed by atoms with van der Waals surface area (Å²) in [5, 5.41) is 8.62. The lowest BCUT2D eigenvalue weighted by atomic mass is 9.76. The minimum absolute atomic E-state index is 0.0478. The first-order valence-corrected chi connectivity index (χ1v) is 8.51. The Labute approximate surface area is 126 Å². The summed E-state index contributed by atoms with van der Waals surface area (Å²) in [7, 11) is 0.486. The van der Waals surface area contributed by atoms with Gasteiger partial charge in [0.15, 0.2) is 0 Å². The second-order valence-corrected chi connectivity index (χ2v) is 7.54. The SMILES string of the molecule is CN(C)C1(CNS(=O)(=O)c2ccc(CC#N)cc2)CCC1. The number of likely N-dealkylation sites (N-methyl/N-ethyl adjacent to an activating group) is 1. The Balaban J connectivity index is 2.06. The van der Waals surface area contributed by atoms with E-state index in [1.165, 1.54) is 0 Å². The molecule has 1 aliphatic rings. The number of nitriles is 1. The molecule has 0 amide bonds. The third-order valence-electron chi connectivity index (χ3n) is 4.34. The molecule has 0 heterocycles. The van der Waals surface area contributed by atoms with Crippen LogP contribution in [0.2, 0.25) is 0 Å². The molecular weight excluding hydrogens is 286 g/mol. The van der Waals surface area contributed by atoms with Gasteiger partial charge in [-0.25, -0.2) is 13.1 Å². The fraction of sp³-hybridized carbons (Fsp3) is 0.533. The summed E-state index contributed by atoms with van der Waals surface area (Å²) in [4.78, 5) is 2.35. The molecule has 1 N–H and O–H groups in total. The second kappa shape index (κ2) is 6.14. The molecule has 0 aliphatic heterocycles. The standard InChI is InChI=1S/C15H21N3O2S/c1-18(2)15(9-3-10-15)12-17-21(19,20)14-6-4-13(5-7-14)8-11-16/h4-7,17H,3,8-10,12H2,1-2H3. The summed E-state index contributed by atoms with van der Waals surface area (Å²) in [6.07, 6.45) is 3.47. The van der Waals surface area contributed by atoms with E-state index in [2.05, 4.69) is 9.62 Å². The average molecular weight is 307 g/mol. The Hall–Kier alpha value is -1.42. The molecule has 0 bridgehead atoms. The predicted octanol–water partition coefficient (Wildman–Crippen LogP) is 1.52. The lowest BCUT2D eigenvalue weighted by molar-refractivity contribution is 0.0657. The maximum Gasteiger partial charge on any atom is 0.240 e. The van der Waals surface area contributed by atoms with Gasteiger partial charge in [-0.05, 0) is 51.1 Å². The number of sulfonamides is 1. The van der Waals surface area contributed by atoms with Crippen LogP contribution in [0.5, 0.6) is 0 Å². The van der Waals surface area contributed by atoms with Crippen LogP contribution in [0.25, 0.3) is 0 Å². The largest absolute Gasteiger partial charge is 0.302 e. The molecular formula is C15H21N3O2S. The summed E-state index contributed by atoms with van der Waals surface area (Å²) in [5.74, 6) is 0. The van der Waals surface area contributed by atoms with Crippen molar-refractivity contribution in [3.8, 4) is 6.07 Å². The van der Waals surface area contributed by atoms with Crippen molar-refractivity contribution < 1.29 is 8.42 Å². The highest BCUT2D eigenvalue weighted by Gasteiger charge is 2.39. The number of nitrogens with one attached hydrogen (secondary N) is 1. The van der Waals surface area contributed by atoms with E-state index in [0.29, 0.717) is 6.54 Å². The van der Waals surface area contributed by atoms with Gasteiger partial charge in [0.05, 0.1) is 17.4 Å². The second-order valence-electron chi connectivity index (χ2n) is 5.78. The normalized spacial score (nSPS) is 17.2. The molecule has 1 saturated carbocycles. The zero-order chi connectivity index (χ0) is 15.5. The zero-order valence-electron chi connectivity index (χ0n) is 12.5. The van der Waals surface area contributed by atoms with Crippen molar-refractivity contribution in [1.82, 2.24) is 9.62 Å². The first kappa shape index (κ1) is 16.0. The van der Waals surface area contributed by atoms with Gasteiger partial charge in [0.1, 0.15) is 0 Å². The summed E-state index contributed by atoms with van der Waals surface area (Å²) in [6, 6.07) is 8.52. The lowest BCUT2D eigenvalue weighted by Crippen LogP contribution is -2.57. The van der Waals surface area contributed by atoms with E-state index in [0.717, 1.165) is 24.8 Å². The zero-order valence-corrected chi connectivity index (χ0v) is 13.3. The molecule has 21 heavy (non-hydrogen) atoms. The Morgan fingerprint density at radius 1 is 1.29 bits per heavy atom. The first-order chi connectivity index (χ1) is 9.89. The Morgan fingerprint density at radius 2 is 1.90 bits per heavy atom. The number of rotatable bonds is 6. The molecule has 0 atom stereocenters. The van der Waals surface area contributed by atoms with Gasteiger partial charge in [0, 0.05) is 12.1 Å².